The standard InChI is InChI=1S/C20H30F2N2O2/c1-14(2)17(12-24-10-6-9-20(21,22)13-24)23(4)19(25)16-8-7-15(3)18(11-16)26-5/h7-8,11,14,17H,6,9-10,12-13H2,1-5H3. The molecule has 0 radical (unpaired) electrons. The second kappa shape index (κ2) is 8.33. The molecule has 1 atom stereocenters. The van der Waals surface area contributed by atoms with Crippen LogP contribution in [-0.2, 0) is 0 Å². The number of amides is 1. The summed E-state index contributed by atoms with van der Waals surface area (Å²) in [5.41, 5.74) is 1.51. The molecular formula is C20H30F2N2O2. The zero-order valence-corrected chi connectivity index (χ0v) is 16.4. The number of likely N-dealkylation sites (tertiary alicyclic amines) is 1. The number of likely N-dealkylation sites (N-methyl/N-ethyl adjacent to an activating group) is 1. The van der Waals surface area contributed by atoms with Crippen molar-refractivity contribution in [1.29, 1.82) is 0 Å². The van der Waals surface area contributed by atoms with Crippen molar-refractivity contribution < 1.29 is 18.3 Å². The summed E-state index contributed by atoms with van der Waals surface area (Å²) in [6.07, 6.45) is 0.443. The first kappa shape index (κ1) is 20.6. The van der Waals surface area contributed by atoms with Crippen LogP contribution in [0.5, 0.6) is 5.75 Å². The molecule has 1 aromatic carbocycles. The van der Waals surface area contributed by atoms with E-state index in [1.54, 1.807) is 36.1 Å². The molecule has 2 rings (SSSR count). The fraction of sp³-hybridized carbons (Fsp3) is 0.650. The fourth-order valence-corrected chi connectivity index (χ4v) is 3.55. The molecule has 1 fully saturated rings. The Morgan fingerprint density at radius 1 is 1.38 bits per heavy atom. The Hall–Kier alpha value is -1.69. The van der Waals surface area contributed by atoms with Crippen LogP contribution in [0.2, 0.25) is 0 Å². The topological polar surface area (TPSA) is 32.8 Å². The van der Waals surface area contributed by atoms with Gasteiger partial charge < -0.3 is 9.64 Å². The van der Waals surface area contributed by atoms with Crippen LogP contribution in [0.1, 0.15) is 42.6 Å². The van der Waals surface area contributed by atoms with Crippen LogP contribution in [0.4, 0.5) is 8.78 Å². The Morgan fingerprint density at radius 3 is 2.65 bits per heavy atom. The lowest BCUT2D eigenvalue weighted by atomic mass is 9.99. The average molecular weight is 368 g/mol. The van der Waals surface area contributed by atoms with E-state index in [4.69, 9.17) is 4.74 Å². The molecule has 0 spiro atoms. The first-order chi connectivity index (χ1) is 12.1. The highest BCUT2D eigenvalue weighted by Crippen LogP contribution is 2.28. The second-order valence-corrected chi connectivity index (χ2v) is 7.61. The van der Waals surface area contributed by atoms with Gasteiger partial charge >= 0.3 is 0 Å². The Bertz CT molecular complexity index is 634. The SMILES string of the molecule is COc1cc(C(=O)N(C)C(CN2CCCC(F)(F)C2)C(C)C)ccc1C. The molecule has 1 unspecified atom stereocenters. The lowest BCUT2D eigenvalue weighted by Crippen LogP contribution is -2.52. The van der Waals surface area contributed by atoms with E-state index >= 15 is 0 Å². The third-order valence-electron chi connectivity index (χ3n) is 5.16. The van der Waals surface area contributed by atoms with Crippen LogP contribution in [0.25, 0.3) is 0 Å². The van der Waals surface area contributed by atoms with Crippen molar-refractivity contribution in [3.05, 3.63) is 29.3 Å². The Labute approximate surface area is 155 Å². The van der Waals surface area contributed by atoms with Gasteiger partial charge in [-0.25, -0.2) is 8.78 Å². The van der Waals surface area contributed by atoms with Gasteiger partial charge in [-0.05, 0) is 43.5 Å². The molecule has 1 aliphatic heterocycles. The smallest absolute Gasteiger partial charge is 0.260 e. The van der Waals surface area contributed by atoms with Gasteiger partial charge in [0.05, 0.1) is 13.7 Å². The van der Waals surface area contributed by atoms with E-state index in [1.165, 1.54) is 0 Å². The summed E-state index contributed by atoms with van der Waals surface area (Å²) in [6, 6.07) is 5.24. The summed E-state index contributed by atoms with van der Waals surface area (Å²) in [7, 11) is 3.33. The minimum atomic E-state index is -2.63. The summed E-state index contributed by atoms with van der Waals surface area (Å²) in [5, 5.41) is 0. The zero-order chi connectivity index (χ0) is 19.5. The predicted octanol–water partition coefficient (Wildman–Crippen LogP) is 3.83. The molecule has 4 nitrogen and oxygen atoms in total. The monoisotopic (exact) mass is 368 g/mol. The van der Waals surface area contributed by atoms with Gasteiger partial charge in [0.25, 0.3) is 11.8 Å². The number of ether oxygens (including phenoxy) is 1. The molecule has 0 aromatic heterocycles. The van der Waals surface area contributed by atoms with Crippen LogP contribution in [-0.4, -0.2) is 61.5 Å². The van der Waals surface area contributed by atoms with Gasteiger partial charge in [-0.3, -0.25) is 9.69 Å². The number of hydrogen-bond donors (Lipinski definition) is 0. The number of piperidine rings is 1. The molecule has 1 aromatic rings. The lowest BCUT2D eigenvalue weighted by Gasteiger charge is -2.39. The van der Waals surface area contributed by atoms with E-state index in [0.29, 0.717) is 30.8 Å². The minimum Gasteiger partial charge on any atom is -0.496 e. The Balaban J connectivity index is 2.14. The quantitative estimate of drug-likeness (QED) is 0.765. The predicted molar refractivity (Wildman–Crippen MR) is 99.1 cm³/mol. The summed E-state index contributed by atoms with van der Waals surface area (Å²) in [4.78, 5) is 16.4. The average Bonchev–Trinajstić information content (AvgIpc) is 2.57. The maximum Gasteiger partial charge on any atom is 0.260 e. The van der Waals surface area contributed by atoms with Gasteiger partial charge in [-0.2, -0.15) is 0 Å². The van der Waals surface area contributed by atoms with Gasteiger partial charge in [-0.1, -0.05) is 19.9 Å². The van der Waals surface area contributed by atoms with Crippen LogP contribution in [0, 0.1) is 12.8 Å². The molecule has 1 aliphatic rings. The van der Waals surface area contributed by atoms with E-state index in [1.807, 2.05) is 26.8 Å². The summed E-state index contributed by atoms with van der Waals surface area (Å²) >= 11 is 0. The largest absolute Gasteiger partial charge is 0.496 e. The number of aryl methyl sites for hydroxylation is 1. The molecule has 1 saturated heterocycles. The van der Waals surface area contributed by atoms with Crippen molar-refractivity contribution in [3.8, 4) is 5.75 Å². The number of benzene rings is 1. The number of alkyl halides is 2. The Morgan fingerprint density at radius 2 is 2.08 bits per heavy atom. The number of carbonyl (C=O) groups is 1. The van der Waals surface area contributed by atoms with Gasteiger partial charge in [0.2, 0.25) is 0 Å². The van der Waals surface area contributed by atoms with Crippen molar-refractivity contribution in [2.75, 3.05) is 33.8 Å². The number of carbonyl (C=O) groups excluding carboxylic acids is 1. The van der Waals surface area contributed by atoms with Crippen LogP contribution >= 0.6 is 0 Å². The highest BCUT2D eigenvalue weighted by atomic mass is 19.3. The normalized spacial score (nSPS) is 18.6. The summed E-state index contributed by atoms with van der Waals surface area (Å²) < 4.78 is 32.7. The third-order valence-corrected chi connectivity index (χ3v) is 5.16. The van der Waals surface area contributed by atoms with Crippen molar-refractivity contribution in [1.82, 2.24) is 9.80 Å². The number of methoxy groups -OCH3 is 1. The highest BCUT2D eigenvalue weighted by Gasteiger charge is 2.37. The van der Waals surface area contributed by atoms with E-state index in [2.05, 4.69) is 0 Å². The summed E-state index contributed by atoms with van der Waals surface area (Å²) in [5.74, 6) is -1.93. The molecule has 6 heteroatoms. The van der Waals surface area contributed by atoms with E-state index in [0.717, 1.165) is 5.56 Å². The van der Waals surface area contributed by atoms with Gasteiger partial charge in [0.15, 0.2) is 0 Å². The van der Waals surface area contributed by atoms with Crippen molar-refractivity contribution in [2.24, 2.45) is 5.92 Å². The molecule has 26 heavy (non-hydrogen) atoms. The first-order valence-corrected chi connectivity index (χ1v) is 9.16. The van der Waals surface area contributed by atoms with Crippen molar-refractivity contribution >= 4 is 5.91 Å². The van der Waals surface area contributed by atoms with E-state index in [-0.39, 0.29) is 30.8 Å². The molecule has 0 saturated carbocycles. The zero-order valence-electron chi connectivity index (χ0n) is 16.4. The second-order valence-electron chi connectivity index (χ2n) is 7.61. The number of halogens is 2. The lowest BCUT2D eigenvalue weighted by molar-refractivity contribution is -0.0690. The molecule has 146 valence electrons. The number of hydrogen-bond acceptors (Lipinski definition) is 3. The van der Waals surface area contributed by atoms with Gasteiger partial charge in [-0.15, -0.1) is 0 Å². The first-order valence-electron chi connectivity index (χ1n) is 9.16. The highest BCUT2D eigenvalue weighted by molar-refractivity contribution is 5.94. The van der Waals surface area contributed by atoms with Gasteiger partial charge in [0.1, 0.15) is 5.75 Å². The number of rotatable bonds is 6. The van der Waals surface area contributed by atoms with E-state index < -0.39 is 5.92 Å². The maximum atomic E-state index is 13.7. The van der Waals surface area contributed by atoms with Crippen molar-refractivity contribution in [2.45, 2.75) is 45.6 Å². The van der Waals surface area contributed by atoms with Crippen LogP contribution in [0.15, 0.2) is 18.2 Å². The summed E-state index contributed by atoms with van der Waals surface area (Å²) in [6.45, 7) is 6.84. The third kappa shape index (κ3) is 4.93. The van der Waals surface area contributed by atoms with Crippen LogP contribution < -0.4 is 4.74 Å². The molecule has 0 N–H and O–H groups in total. The molecule has 0 bridgehead atoms. The maximum absolute atomic E-state index is 13.7. The molecule has 0 aliphatic carbocycles. The van der Waals surface area contributed by atoms with E-state index in [9.17, 15) is 13.6 Å². The fourth-order valence-electron chi connectivity index (χ4n) is 3.55. The van der Waals surface area contributed by atoms with Crippen molar-refractivity contribution in [3.63, 3.8) is 0 Å². The minimum absolute atomic E-state index is 0.0478. The Kier molecular flexibility index (Phi) is 6.61. The molecule has 1 heterocycles. The van der Waals surface area contributed by atoms with Gasteiger partial charge in [0, 0.05) is 31.6 Å². The number of nitrogens with zero attached hydrogens (tertiary/aromatic N) is 2. The van der Waals surface area contributed by atoms with Crippen LogP contribution in [0.3, 0.4) is 0 Å². The molecular weight excluding hydrogens is 338 g/mol. The molecule has 1 amide bonds.